The molecule has 2 aromatic rings. The highest BCUT2D eigenvalue weighted by atomic mass is 79.9. The van der Waals surface area contributed by atoms with E-state index in [0.29, 0.717) is 4.47 Å². The van der Waals surface area contributed by atoms with Crippen molar-refractivity contribution in [3.63, 3.8) is 0 Å². The molecule has 23 heavy (non-hydrogen) atoms. The van der Waals surface area contributed by atoms with Crippen LogP contribution < -0.4 is 5.73 Å². The summed E-state index contributed by atoms with van der Waals surface area (Å²) in [6, 6.07) is 5.34. The van der Waals surface area contributed by atoms with Crippen LogP contribution in [0.25, 0.3) is 0 Å². The molecule has 0 bridgehead atoms. The van der Waals surface area contributed by atoms with E-state index in [0.717, 1.165) is 12.3 Å². The van der Waals surface area contributed by atoms with Crippen molar-refractivity contribution in [3.8, 4) is 0 Å². The second kappa shape index (κ2) is 5.09. The Hall–Kier alpha value is -1.83. The number of benzene rings is 1. The van der Waals surface area contributed by atoms with Crippen molar-refractivity contribution in [3.05, 3.63) is 57.6 Å². The Bertz CT molecular complexity index is 810. The van der Waals surface area contributed by atoms with Crippen molar-refractivity contribution in [2.24, 2.45) is 10.7 Å². The fourth-order valence-corrected chi connectivity index (χ4v) is 3.12. The Morgan fingerprint density at radius 3 is 2.65 bits per heavy atom. The second-order valence-electron chi connectivity index (χ2n) is 5.63. The summed E-state index contributed by atoms with van der Waals surface area (Å²) < 4.78 is 54.8. The van der Waals surface area contributed by atoms with Crippen molar-refractivity contribution in [2.45, 2.75) is 25.2 Å². The maximum Gasteiger partial charge on any atom is 0.417 e. The lowest BCUT2D eigenvalue weighted by atomic mass is 9.90. The fraction of sp³-hybridized carbons (Fsp3) is 0.267. The van der Waals surface area contributed by atoms with Gasteiger partial charge in [-0.3, -0.25) is 4.99 Å². The van der Waals surface area contributed by atoms with E-state index in [1.54, 1.807) is 19.1 Å². The summed E-state index contributed by atoms with van der Waals surface area (Å²) in [5.74, 6) is -0.535. The van der Waals surface area contributed by atoms with Crippen LogP contribution in [0.2, 0.25) is 0 Å². The van der Waals surface area contributed by atoms with Gasteiger partial charge in [-0.1, -0.05) is 15.9 Å². The zero-order valence-electron chi connectivity index (χ0n) is 12.0. The van der Waals surface area contributed by atoms with Gasteiger partial charge < -0.3 is 10.3 Å². The van der Waals surface area contributed by atoms with Gasteiger partial charge in [0, 0.05) is 16.2 Å². The van der Waals surface area contributed by atoms with Crippen LogP contribution in [0, 0.1) is 5.82 Å². The van der Waals surface area contributed by atoms with Gasteiger partial charge in [0.25, 0.3) is 0 Å². The number of nitrogens with zero attached hydrogens (tertiary/aromatic N) is 2. The number of halogens is 5. The largest absolute Gasteiger partial charge is 0.417 e. The summed E-state index contributed by atoms with van der Waals surface area (Å²) in [4.78, 5) is 4.27. The van der Waals surface area contributed by atoms with Gasteiger partial charge in [-0.05, 0) is 31.2 Å². The van der Waals surface area contributed by atoms with Crippen LogP contribution in [0.4, 0.5) is 17.6 Å². The molecular weight excluding hydrogens is 378 g/mol. The molecule has 3 nitrogen and oxygen atoms in total. The number of fused-ring (bicyclic) bond motifs is 1. The molecule has 0 aliphatic carbocycles. The van der Waals surface area contributed by atoms with Gasteiger partial charge in [0.2, 0.25) is 0 Å². The molecular formula is C15H12BrF4N3. The van der Waals surface area contributed by atoms with E-state index >= 15 is 0 Å². The van der Waals surface area contributed by atoms with E-state index in [1.165, 1.54) is 10.6 Å². The van der Waals surface area contributed by atoms with E-state index in [1.807, 2.05) is 0 Å². The monoisotopic (exact) mass is 389 g/mol. The molecule has 0 radical (unpaired) electrons. The van der Waals surface area contributed by atoms with Gasteiger partial charge in [-0.2, -0.15) is 13.2 Å². The van der Waals surface area contributed by atoms with Crippen LogP contribution in [-0.2, 0) is 18.3 Å². The summed E-state index contributed by atoms with van der Waals surface area (Å²) in [6.45, 7) is 1.70. The average Bonchev–Trinajstić information content (AvgIpc) is 2.85. The van der Waals surface area contributed by atoms with Gasteiger partial charge in [0.05, 0.1) is 17.8 Å². The Kier molecular flexibility index (Phi) is 3.55. The highest BCUT2D eigenvalue weighted by Crippen LogP contribution is 2.37. The van der Waals surface area contributed by atoms with E-state index in [4.69, 9.17) is 5.73 Å². The number of rotatable bonds is 1. The molecule has 1 aliphatic rings. The van der Waals surface area contributed by atoms with Crippen LogP contribution >= 0.6 is 15.9 Å². The molecule has 0 fully saturated rings. The van der Waals surface area contributed by atoms with Gasteiger partial charge in [-0.25, -0.2) is 4.39 Å². The van der Waals surface area contributed by atoms with Crippen molar-refractivity contribution in [1.29, 1.82) is 0 Å². The molecule has 1 atom stereocenters. The molecule has 122 valence electrons. The minimum absolute atomic E-state index is 0.0476. The lowest BCUT2D eigenvalue weighted by Gasteiger charge is -2.32. The van der Waals surface area contributed by atoms with Crippen LogP contribution in [0.1, 0.15) is 23.7 Å². The number of hydrogen-bond acceptors (Lipinski definition) is 2. The number of hydrogen-bond donors (Lipinski definition) is 1. The van der Waals surface area contributed by atoms with E-state index in [9.17, 15) is 17.6 Å². The summed E-state index contributed by atoms with van der Waals surface area (Å²) in [6.07, 6.45) is -3.49. The third-order valence-electron chi connectivity index (χ3n) is 3.84. The molecule has 1 unspecified atom stereocenters. The van der Waals surface area contributed by atoms with E-state index in [2.05, 4.69) is 20.9 Å². The first-order chi connectivity index (χ1) is 10.6. The molecule has 0 amide bonds. The number of aromatic nitrogens is 1. The molecule has 1 aromatic heterocycles. The zero-order valence-corrected chi connectivity index (χ0v) is 13.5. The topological polar surface area (TPSA) is 43.3 Å². The molecule has 0 spiro atoms. The van der Waals surface area contributed by atoms with Gasteiger partial charge in [0.15, 0.2) is 0 Å². The standard InChI is InChI=1S/C15H12BrF4N3/c1-14(10-5-9(16)2-3-11(10)17)7-23-6-8(15(18,19)20)4-12(23)13(21)22-14/h2-6H,7H2,1H3,(H2,21,22). The average molecular weight is 390 g/mol. The first-order valence-corrected chi connectivity index (χ1v) is 7.48. The lowest BCUT2D eigenvalue weighted by Crippen LogP contribution is -2.37. The Balaban J connectivity index is 2.10. The second-order valence-corrected chi connectivity index (χ2v) is 6.55. The Morgan fingerprint density at radius 2 is 2.00 bits per heavy atom. The molecule has 1 aromatic carbocycles. The molecule has 2 N–H and O–H groups in total. The highest BCUT2D eigenvalue weighted by Gasteiger charge is 2.38. The number of nitrogens with two attached hydrogens (primary N) is 1. The quantitative estimate of drug-likeness (QED) is 0.734. The van der Waals surface area contributed by atoms with Crippen molar-refractivity contribution < 1.29 is 17.6 Å². The van der Waals surface area contributed by atoms with Crippen molar-refractivity contribution in [1.82, 2.24) is 4.57 Å². The minimum Gasteiger partial charge on any atom is -0.382 e. The third kappa shape index (κ3) is 2.75. The van der Waals surface area contributed by atoms with Gasteiger partial charge in [0.1, 0.15) is 17.2 Å². The van der Waals surface area contributed by atoms with Gasteiger partial charge in [-0.15, -0.1) is 0 Å². The summed E-state index contributed by atoms with van der Waals surface area (Å²) >= 11 is 3.26. The summed E-state index contributed by atoms with van der Waals surface area (Å²) in [5, 5.41) is 0. The molecule has 1 aliphatic heterocycles. The van der Waals surface area contributed by atoms with Crippen molar-refractivity contribution >= 4 is 21.8 Å². The zero-order chi connectivity index (χ0) is 17.0. The summed E-state index contributed by atoms with van der Waals surface area (Å²) in [5.41, 5.74) is 4.39. The van der Waals surface area contributed by atoms with Crippen molar-refractivity contribution in [2.75, 3.05) is 0 Å². The smallest absolute Gasteiger partial charge is 0.382 e. The molecule has 3 rings (SSSR count). The van der Waals surface area contributed by atoms with Crippen LogP contribution in [0.5, 0.6) is 0 Å². The SMILES string of the molecule is CC1(c2cc(Br)ccc2F)Cn2cc(C(F)(F)F)cc2C(N)=N1. The third-order valence-corrected chi connectivity index (χ3v) is 4.33. The molecule has 8 heteroatoms. The first-order valence-electron chi connectivity index (χ1n) is 6.69. The van der Waals surface area contributed by atoms with Gasteiger partial charge >= 0.3 is 6.18 Å². The maximum atomic E-state index is 14.2. The first kappa shape index (κ1) is 16.0. The predicted octanol–water partition coefficient (Wildman–Crippen LogP) is 4.04. The van der Waals surface area contributed by atoms with Crippen LogP contribution in [0.15, 0.2) is 39.9 Å². The van der Waals surface area contributed by atoms with Crippen LogP contribution in [0.3, 0.4) is 0 Å². The van der Waals surface area contributed by atoms with Crippen LogP contribution in [-0.4, -0.2) is 10.4 Å². The molecule has 0 saturated heterocycles. The maximum absolute atomic E-state index is 14.2. The van der Waals surface area contributed by atoms with E-state index in [-0.39, 0.29) is 23.6 Å². The lowest BCUT2D eigenvalue weighted by molar-refractivity contribution is -0.137. The molecule has 0 saturated carbocycles. The summed E-state index contributed by atoms with van der Waals surface area (Å²) in [7, 11) is 0. The number of alkyl halides is 3. The Labute approximate surface area is 137 Å². The minimum atomic E-state index is -4.47. The number of aliphatic imine (C=N–C) groups is 1. The molecule has 2 heterocycles. The Morgan fingerprint density at radius 1 is 1.30 bits per heavy atom. The normalized spacial score (nSPS) is 21.0. The van der Waals surface area contributed by atoms with E-state index < -0.39 is 23.1 Å². The fourth-order valence-electron chi connectivity index (χ4n) is 2.76. The predicted molar refractivity (Wildman–Crippen MR) is 81.6 cm³/mol. The highest BCUT2D eigenvalue weighted by molar-refractivity contribution is 9.10. The number of amidine groups is 1.